The molecule has 5 heteroatoms. The molecular weight excluding hydrogens is 324 g/mol. The Morgan fingerprint density at radius 1 is 1.17 bits per heavy atom. The molecule has 0 bridgehead atoms. The first-order chi connectivity index (χ1) is 10.9. The highest BCUT2D eigenvalue weighted by Gasteiger charge is 2.27. The van der Waals surface area contributed by atoms with Gasteiger partial charge in [0.15, 0.2) is 5.78 Å². The minimum absolute atomic E-state index is 0. The molecule has 1 heterocycles. The summed E-state index contributed by atoms with van der Waals surface area (Å²) in [6, 6.07) is 5.87. The van der Waals surface area contributed by atoms with E-state index in [9.17, 15) is 9.59 Å². The number of halogens is 1. The third-order valence-corrected chi connectivity index (χ3v) is 4.80. The van der Waals surface area contributed by atoms with Crippen molar-refractivity contribution in [3.8, 4) is 0 Å². The minimum atomic E-state index is -0.0246. The van der Waals surface area contributed by atoms with Gasteiger partial charge < -0.3 is 10.6 Å². The number of aryl methyl sites for hydroxylation is 2. The van der Waals surface area contributed by atoms with Crippen molar-refractivity contribution in [1.82, 2.24) is 10.6 Å². The summed E-state index contributed by atoms with van der Waals surface area (Å²) in [4.78, 5) is 24.3. The van der Waals surface area contributed by atoms with Crippen molar-refractivity contribution in [1.29, 1.82) is 0 Å². The van der Waals surface area contributed by atoms with Gasteiger partial charge in [-0.05, 0) is 56.8 Å². The van der Waals surface area contributed by atoms with Gasteiger partial charge in [0.25, 0.3) is 0 Å². The maximum atomic E-state index is 12.3. The molecule has 0 atom stereocenters. The van der Waals surface area contributed by atoms with Crippen LogP contribution in [0.15, 0.2) is 18.2 Å². The maximum Gasteiger partial charge on any atom is 0.220 e. The fourth-order valence-electron chi connectivity index (χ4n) is 3.01. The molecule has 134 valence electrons. The van der Waals surface area contributed by atoms with Gasteiger partial charge in [-0.3, -0.25) is 9.59 Å². The number of hydrogen-bond acceptors (Lipinski definition) is 3. The lowest BCUT2D eigenvalue weighted by molar-refractivity contribution is -0.121. The average Bonchev–Trinajstić information content (AvgIpc) is 2.53. The molecular formula is C19H29ClN2O2. The second kappa shape index (κ2) is 9.19. The summed E-state index contributed by atoms with van der Waals surface area (Å²) < 4.78 is 0. The zero-order valence-electron chi connectivity index (χ0n) is 14.9. The molecule has 0 aromatic heterocycles. The van der Waals surface area contributed by atoms with Crippen LogP contribution in [0, 0.1) is 19.3 Å². The molecule has 1 aromatic rings. The topological polar surface area (TPSA) is 58.2 Å². The Hall–Kier alpha value is -1.39. The number of carbonyl (C=O) groups excluding carboxylic acids is 2. The van der Waals surface area contributed by atoms with Crippen molar-refractivity contribution < 1.29 is 9.59 Å². The lowest BCUT2D eigenvalue weighted by atomic mass is 9.81. The van der Waals surface area contributed by atoms with Gasteiger partial charge in [0.1, 0.15) is 0 Å². The van der Waals surface area contributed by atoms with Crippen molar-refractivity contribution in [2.24, 2.45) is 5.41 Å². The van der Waals surface area contributed by atoms with Crippen LogP contribution in [0.4, 0.5) is 0 Å². The lowest BCUT2D eigenvalue weighted by Crippen LogP contribution is -2.42. The fourth-order valence-corrected chi connectivity index (χ4v) is 3.01. The Balaban J connectivity index is 0.00000288. The predicted octanol–water partition coefficient (Wildman–Crippen LogP) is 3.19. The number of carbonyl (C=O) groups is 2. The summed E-state index contributed by atoms with van der Waals surface area (Å²) in [5, 5.41) is 6.35. The zero-order chi connectivity index (χ0) is 16.9. The van der Waals surface area contributed by atoms with Crippen molar-refractivity contribution in [3.05, 3.63) is 34.9 Å². The monoisotopic (exact) mass is 352 g/mol. The molecule has 0 radical (unpaired) electrons. The summed E-state index contributed by atoms with van der Waals surface area (Å²) >= 11 is 0. The number of rotatable bonds is 6. The summed E-state index contributed by atoms with van der Waals surface area (Å²) in [6.07, 6.45) is 2.69. The molecule has 1 aliphatic rings. The van der Waals surface area contributed by atoms with Gasteiger partial charge in [0.2, 0.25) is 5.91 Å². The molecule has 2 rings (SSSR count). The van der Waals surface area contributed by atoms with Crippen molar-refractivity contribution in [3.63, 3.8) is 0 Å². The van der Waals surface area contributed by atoms with Gasteiger partial charge in [-0.15, -0.1) is 12.4 Å². The van der Waals surface area contributed by atoms with E-state index in [1.807, 2.05) is 32.0 Å². The normalized spacial score (nSPS) is 16.1. The predicted molar refractivity (Wildman–Crippen MR) is 99.9 cm³/mol. The number of nitrogens with one attached hydrogen (secondary N) is 2. The quantitative estimate of drug-likeness (QED) is 0.773. The number of benzene rings is 1. The molecule has 4 nitrogen and oxygen atoms in total. The lowest BCUT2D eigenvalue weighted by Gasteiger charge is -2.34. The first-order valence-corrected chi connectivity index (χ1v) is 8.47. The van der Waals surface area contributed by atoms with Crippen LogP contribution in [0.5, 0.6) is 0 Å². The second-order valence-corrected chi connectivity index (χ2v) is 7.08. The van der Waals surface area contributed by atoms with Crippen LogP contribution in [0.3, 0.4) is 0 Å². The third kappa shape index (κ3) is 5.91. The van der Waals surface area contributed by atoms with E-state index in [-0.39, 0.29) is 42.4 Å². The van der Waals surface area contributed by atoms with Gasteiger partial charge >= 0.3 is 0 Å². The van der Waals surface area contributed by atoms with Gasteiger partial charge in [-0.25, -0.2) is 0 Å². The Morgan fingerprint density at radius 3 is 2.50 bits per heavy atom. The highest BCUT2D eigenvalue weighted by Crippen LogP contribution is 2.26. The standard InChI is InChI=1S/C19H28N2O2.ClH/c1-14-4-5-15(2)16(12-14)17(22)6-7-18(23)21-13-19(3)8-10-20-11-9-19;/h4-5,12,20H,6-11,13H2,1-3H3,(H,21,23);1H. The molecule has 2 N–H and O–H groups in total. The number of hydrogen-bond donors (Lipinski definition) is 2. The van der Waals surface area contributed by atoms with Crippen LogP contribution in [0.1, 0.15) is 54.1 Å². The van der Waals surface area contributed by atoms with E-state index in [2.05, 4.69) is 17.6 Å². The first kappa shape index (κ1) is 20.7. The Kier molecular flexibility index (Phi) is 7.91. The van der Waals surface area contributed by atoms with Crippen molar-refractivity contribution in [2.75, 3.05) is 19.6 Å². The molecule has 1 aliphatic heterocycles. The fraction of sp³-hybridized carbons (Fsp3) is 0.579. The summed E-state index contributed by atoms with van der Waals surface area (Å²) in [6.45, 7) is 8.85. The summed E-state index contributed by atoms with van der Waals surface area (Å²) in [7, 11) is 0. The van der Waals surface area contributed by atoms with E-state index >= 15 is 0 Å². The van der Waals surface area contributed by atoms with Crippen LogP contribution >= 0.6 is 12.4 Å². The maximum absolute atomic E-state index is 12.3. The van der Waals surface area contributed by atoms with Gasteiger partial charge in [0, 0.05) is 24.9 Å². The Morgan fingerprint density at radius 2 is 1.83 bits per heavy atom. The van der Waals surface area contributed by atoms with Crippen LogP contribution in [0.2, 0.25) is 0 Å². The third-order valence-electron chi connectivity index (χ3n) is 4.80. The van der Waals surface area contributed by atoms with Crippen LogP contribution in [0.25, 0.3) is 0 Å². The van der Waals surface area contributed by atoms with Crippen LogP contribution < -0.4 is 10.6 Å². The van der Waals surface area contributed by atoms with Crippen molar-refractivity contribution in [2.45, 2.75) is 46.5 Å². The van der Waals surface area contributed by atoms with Crippen molar-refractivity contribution >= 4 is 24.1 Å². The molecule has 1 aromatic carbocycles. The molecule has 0 aliphatic carbocycles. The molecule has 1 fully saturated rings. The molecule has 1 amide bonds. The number of Topliss-reactive ketones (excluding diaryl/α,β-unsaturated/α-hetero) is 1. The van der Waals surface area contributed by atoms with Crippen LogP contribution in [-0.4, -0.2) is 31.3 Å². The first-order valence-electron chi connectivity index (χ1n) is 8.47. The summed E-state index contributed by atoms with van der Waals surface area (Å²) in [5.41, 5.74) is 2.96. The van der Waals surface area contributed by atoms with Crippen LogP contribution in [-0.2, 0) is 4.79 Å². The highest BCUT2D eigenvalue weighted by atomic mass is 35.5. The van der Waals surface area contributed by atoms with E-state index in [0.29, 0.717) is 6.54 Å². The molecule has 1 saturated heterocycles. The summed E-state index contributed by atoms with van der Waals surface area (Å²) in [5.74, 6) is 0.0258. The van der Waals surface area contributed by atoms with Gasteiger partial charge in [-0.1, -0.05) is 24.6 Å². The van der Waals surface area contributed by atoms with Gasteiger partial charge in [-0.2, -0.15) is 0 Å². The molecule has 0 saturated carbocycles. The van der Waals surface area contributed by atoms with E-state index < -0.39 is 0 Å². The highest BCUT2D eigenvalue weighted by molar-refractivity contribution is 5.99. The van der Waals surface area contributed by atoms with E-state index in [1.165, 1.54) is 0 Å². The second-order valence-electron chi connectivity index (χ2n) is 7.08. The number of ketones is 1. The van der Waals surface area contributed by atoms with Gasteiger partial charge in [0.05, 0.1) is 0 Å². The zero-order valence-corrected chi connectivity index (χ0v) is 15.7. The Labute approximate surface area is 151 Å². The number of piperidine rings is 1. The van der Waals surface area contributed by atoms with E-state index in [0.717, 1.165) is 42.6 Å². The Bertz CT molecular complexity index is 581. The SMILES string of the molecule is Cc1ccc(C)c(C(=O)CCC(=O)NCC2(C)CCNCC2)c1.Cl. The largest absolute Gasteiger partial charge is 0.356 e. The van der Waals surface area contributed by atoms with E-state index in [4.69, 9.17) is 0 Å². The smallest absolute Gasteiger partial charge is 0.220 e. The van der Waals surface area contributed by atoms with E-state index in [1.54, 1.807) is 0 Å². The molecule has 24 heavy (non-hydrogen) atoms. The minimum Gasteiger partial charge on any atom is -0.356 e. The molecule has 0 spiro atoms. The average molecular weight is 353 g/mol. The number of amides is 1. The molecule has 0 unspecified atom stereocenters.